The first-order valence-corrected chi connectivity index (χ1v) is 11.1. The van der Waals surface area contributed by atoms with E-state index in [1.807, 2.05) is 30.3 Å². The van der Waals surface area contributed by atoms with Gasteiger partial charge in [0.2, 0.25) is 11.8 Å². The van der Waals surface area contributed by atoms with Gasteiger partial charge in [-0.05, 0) is 31.0 Å². The van der Waals surface area contributed by atoms with Crippen LogP contribution in [0.25, 0.3) is 0 Å². The van der Waals surface area contributed by atoms with E-state index in [-0.39, 0.29) is 30.0 Å². The van der Waals surface area contributed by atoms with E-state index in [4.69, 9.17) is 0 Å². The van der Waals surface area contributed by atoms with Gasteiger partial charge in [-0.1, -0.05) is 48.9 Å². The maximum absolute atomic E-state index is 13.2. The lowest BCUT2D eigenvalue weighted by molar-refractivity contribution is -0.384. The van der Waals surface area contributed by atoms with Crippen molar-refractivity contribution in [3.63, 3.8) is 0 Å². The normalized spacial score (nSPS) is 20.4. The van der Waals surface area contributed by atoms with Crippen molar-refractivity contribution in [2.24, 2.45) is 4.99 Å². The molecule has 4 rings (SSSR count). The summed E-state index contributed by atoms with van der Waals surface area (Å²) in [7, 11) is 0. The Labute approximate surface area is 183 Å². The topological polar surface area (TPSA) is 105 Å². The predicted molar refractivity (Wildman–Crippen MR) is 120 cm³/mol. The first-order valence-electron chi connectivity index (χ1n) is 10.2. The smallest absolute Gasteiger partial charge is 0.271 e. The number of aliphatic imine (C=N–C) groups is 1. The molecular formula is C22H22N4O4S. The lowest BCUT2D eigenvalue weighted by Crippen LogP contribution is -2.40. The van der Waals surface area contributed by atoms with E-state index < -0.39 is 10.2 Å². The molecule has 1 saturated heterocycles. The molecule has 1 aliphatic carbocycles. The Morgan fingerprint density at radius 1 is 1.16 bits per heavy atom. The Kier molecular flexibility index (Phi) is 6.31. The zero-order chi connectivity index (χ0) is 21.8. The molecular weight excluding hydrogens is 416 g/mol. The van der Waals surface area contributed by atoms with Crippen LogP contribution in [0.5, 0.6) is 0 Å². The van der Waals surface area contributed by atoms with Crippen molar-refractivity contribution >= 4 is 45.8 Å². The van der Waals surface area contributed by atoms with Gasteiger partial charge in [0, 0.05) is 30.3 Å². The van der Waals surface area contributed by atoms with Gasteiger partial charge in [-0.25, -0.2) is 4.99 Å². The molecule has 2 aromatic carbocycles. The van der Waals surface area contributed by atoms with Crippen LogP contribution in [0.3, 0.4) is 0 Å². The molecule has 0 radical (unpaired) electrons. The standard InChI is InChI=1S/C22H22N4O4S/c27-20(23-16-9-6-12-18(13-16)26(29)30)14-19-21(28)25(17-10-4-5-11-17)22(31-19)24-15-7-2-1-3-8-15/h1-3,6-9,12-13,17,19H,4-5,10-11,14H2,(H,23,27). The summed E-state index contributed by atoms with van der Waals surface area (Å²) in [5.41, 5.74) is 0.997. The zero-order valence-electron chi connectivity index (χ0n) is 16.8. The van der Waals surface area contributed by atoms with E-state index in [1.54, 1.807) is 11.0 Å². The summed E-state index contributed by atoms with van der Waals surface area (Å²) in [5, 5.41) is 13.7. The van der Waals surface area contributed by atoms with Gasteiger partial charge in [-0.2, -0.15) is 0 Å². The number of hydrogen-bond acceptors (Lipinski definition) is 6. The van der Waals surface area contributed by atoms with E-state index in [2.05, 4.69) is 10.3 Å². The SMILES string of the molecule is O=C(CC1SC(=Nc2ccccc2)N(C2CCCC2)C1=O)Nc1cccc([N+](=O)[O-])c1. The van der Waals surface area contributed by atoms with Gasteiger partial charge in [-0.3, -0.25) is 24.6 Å². The largest absolute Gasteiger partial charge is 0.326 e. The third kappa shape index (κ3) is 4.93. The molecule has 2 aliphatic rings. The second kappa shape index (κ2) is 9.30. The number of rotatable bonds is 6. The van der Waals surface area contributed by atoms with Gasteiger partial charge < -0.3 is 5.32 Å². The number of amidine groups is 1. The van der Waals surface area contributed by atoms with Gasteiger partial charge in [0.1, 0.15) is 5.25 Å². The summed E-state index contributed by atoms with van der Waals surface area (Å²) in [6.45, 7) is 0. The van der Waals surface area contributed by atoms with E-state index in [9.17, 15) is 19.7 Å². The van der Waals surface area contributed by atoms with Crippen LogP contribution in [0, 0.1) is 10.1 Å². The van der Waals surface area contributed by atoms with Crippen LogP contribution >= 0.6 is 11.8 Å². The molecule has 1 saturated carbocycles. The maximum Gasteiger partial charge on any atom is 0.271 e. The molecule has 1 heterocycles. The van der Waals surface area contributed by atoms with Gasteiger partial charge in [0.25, 0.3) is 5.69 Å². The van der Waals surface area contributed by atoms with Gasteiger partial charge in [0.15, 0.2) is 5.17 Å². The molecule has 160 valence electrons. The number of nitrogens with one attached hydrogen (secondary N) is 1. The van der Waals surface area contributed by atoms with Crippen molar-refractivity contribution < 1.29 is 14.5 Å². The Morgan fingerprint density at radius 2 is 1.90 bits per heavy atom. The molecule has 0 spiro atoms. The Bertz CT molecular complexity index is 1020. The third-order valence-electron chi connectivity index (χ3n) is 5.35. The number of thioether (sulfide) groups is 1. The fourth-order valence-corrected chi connectivity index (χ4v) is 5.10. The number of nitro groups is 1. The summed E-state index contributed by atoms with van der Waals surface area (Å²) in [6, 6.07) is 15.3. The Balaban J connectivity index is 1.50. The molecule has 2 fully saturated rings. The van der Waals surface area contributed by atoms with Crippen molar-refractivity contribution in [1.29, 1.82) is 0 Å². The van der Waals surface area contributed by atoms with Gasteiger partial charge >= 0.3 is 0 Å². The molecule has 1 N–H and O–H groups in total. The first kappa shape index (κ1) is 21.0. The molecule has 2 aromatic rings. The highest BCUT2D eigenvalue weighted by molar-refractivity contribution is 8.15. The monoisotopic (exact) mass is 438 g/mol. The summed E-state index contributed by atoms with van der Waals surface area (Å²) >= 11 is 1.31. The molecule has 1 atom stereocenters. The molecule has 31 heavy (non-hydrogen) atoms. The number of hydrogen-bond donors (Lipinski definition) is 1. The first-order chi connectivity index (χ1) is 15.0. The molecule has 9 heteroatoms. The maximum atomic E-state index is 13.2. The highest BCUT2D eigenvalue weighted by atomic mass is 32.2. The van der Waals surface area contributed by atoms with Crippen molar-refractivity contribution in [3.05, 3.63) is 64.7 Å². The van der Waals surface area contributed by atoms with Crippen LogP contribution in [0.15, 0.2) is 59.6 Å². The fraction of sp³-hybridized carbons (Fsp3) is 0.318. The number of benzene rings is 2. The van der Waals surface area contributed by atoms with Gasteiger partial charge in [-0.15, -0.1) is 0 Å². The number of carbonyl (C=O) groups is 2. The number of anilines is 1. The van der Waals surface area contributed by atoms with E-state index in [1.165, 1.54) is 30.0 Å². The number of para-hydroxylation sites is 1. The van der Waals surface area contributed by atoms with Crippen LogP contribution in [0.2, 0.25) is 0 Å². The second-order valence-electron chi connectivity index (χ2n) is 7.54. The van der Waals surface area contributed by atoms with Crippen LogP contribution in [-0.2, 0) is 9.59 Å². The Hall–Kier alpha value is -3.20. The Morgan fingerprint density at radius 3 is 2.61 bits per heavy atom. The van der Waals surface area contributed by atoms with E-state index in [0.717, 1.165) is 31.4 Å². The number of non-ortho nitro benzene ring substituents is 1. The average Bonchev–Trinajstić information content (AvgIpc) is 3.37. The lowest BCUT2D eigenvalue weighted by Gasteiger charge is -2.23. The number of nitrogens with zero attached hydrogens (tertiary/aromatic N) is 3. The summed E-state index contributed by atoms with van der Waals surface area (Å²) < 4.78 is 0. The van der Waals surface area contributed by atoms with Crippen LogP contribution in [0.1, 0.15) is 32.1 Å². The predicted octanol–water partition coefficient (Wildman–Crippen LogP) is 4.50. The minimum Gasteiger partial charge on any atom is -0.326 e. The molecule has 8 nitrogen and oxygen atoms in total. The number of amides is 2. The summed E-state index contributed by atoms with van der Waals surface area (Å²) in [4.78, 5) is 42.6. The molecule has 2 amide bonds. The quantitative estimate of drug-likeness (QED) is 0.528. The van der Waals surface area contributed by atoms with Crippen LogP contribution in [0.4, 0.5) is 17.1 Å². The second-order valence-corrected chi connectivity index (χ2v) is 8.71. The van der Waals surface area contributed by atoms with Crippen LogP contribution in [-0.4, -0.2) is 38.1 Å². The van der Waals surface area contributed by atoms with E-state index in [0.29, 0.717) is 10.9 Å². The number of carbonyl (C=O) groups excluding carboxylic acids is 2. The average molecular weight is 439 g/mol. The molecule has 0 aromatic heterocycles. The number of nitro benzene ring substituents is 1. The molecule has 1 aliphatic heterocycles. The minimum atomic E-state index is -0.568. The highest BCUT2D eigenvalue weighted by Crippen LogP contribution is 2.37. The van der Waals surface area contributed by atoms with Crippen molar-refractivity contribution in [3.8, 4) is 0 Å². The molecule has 0 bridgehead atoms. The van der Waals surface area contributed by atoms with Gasteiger partial charge in [0.05, 0.1) is 10.6 Å². The van der Waals surface area contributed by atoms with Crippen molar-refractivity contribution in [2.75, 3.05) is 5.32 Å². The minimum absolute atomic E-state index is 0.0246. The summed E-state index contributed by atoms with van der Waals surface area (Å²) in [6.07, 6.45) is 4.01. The summed E-state index contributed by atoms with van der Waals surface area (Å²) in [5.74, 6) is -0.459. The van der Waals surface area contributed by atoms with Crippen molar-refractivity contribution in [1.82, 2.24) is 4.90 Å². The zero-order valence-corrected chi connectivity index (χ0v) is 17.6. The third-order valence-corrected chi connectivity index (χ3v) is 6.50. The van der Waals surface area contributed by atoms with E-state index >= 15 is 0 Å². The highest BCUT2D eigenvalue weighted by Gasteiger charge is 2.43. The van der Waals surface area contributed by atoms with Crippen molar-refractivity contribution in [2.45, 2.75) is 43.4 Å². The molecule has 1 unspecified atom stereocenters. The lowest BCUT2D eigenvalue weighted by atomic mass is 10.2. The van der Waals surface area contributed by atoms with Crippen LogP contribution < -0.4 is 5.32 Å². The fourth-order valence-electron chi connectivity index (χ4n) is 3.88.